The standard InChI is InChI=1S/C9H15F2NO4S/c10-9(11)17(15,16)12-6-2-1-3-7(12)4-5-8(13)14/h7,9H,1-6H2,(H,13,14). The van der Waals surface area contributed by atoms with Crippen LogP contribution in [0.4, 0.5) is 8.78 Å². The van der Waals surface area contributed by atoms with Crippen LogP contribution in [0.2, 0.25) is 0 Å². The van der Waals surface area contributed by atoms with E-state index in [1.165, 1.54) is 0 Å². The molecule has 1 heterocycles. The molecule has 0 aliphatic carbocycles. The summed E-state index contributed by atoms with van der Waals surface area (Å²) in [6.07, 6.45) is 1.59. The van der Waals surface area contributed by atoms with Gasteiger partial charge < -0.3 is 5.11 Å². The van der Waals surface area contributed by atoms with Crippen molar-refractivity contribution in [3.63, 3.8) is 0 Å². The molecule has 1 aliphatic heterocycles. The fourth-order valence-electron chi connectivity index (χ4n) is 1.99. The normalized spacial score (nSPS) is 22.9. The highest BCUT2D eigenvalue weighted by Gasteiger charge is 2.38. The molecule has 0 amide bonds. The molecule has 1 saturated heterocycles. The molecule has 17 heavy (non-hydrogen) atoms. The Bertz CT molecular complexity index is 371. The molecule has 1 N–H and O–H groups in total. The Balaban J connectivity index is 2.76. The Morgan fingerprint density at radius 3 is 2.59 bits per heavy atom. The van der Waals surface area contributed by atoms with E-state index in [4.69, 9.17) is 5.11 Å². The molecule has 1 rings (SSSR count). The molecule has 1 aliphatic rings. The summed E-state index contributed by atoms with van der Waals surface area (Å²) < 4.78 is 48.4. The number of carboxylic acids is 1. The van der Waals surface area contributed by atoms with Crippen molar-refractivity contribution in [2.75, 3.05) is 6.54 Å². The molecule has 0 aromatic heterocycles. The number of piperidine rings is 1. The van der Waals surface area contributed by atoms with E-state index in [1.807, 2.05) is 0 Å². The summed E-state index contributed by atoms with van der Waals surface area (Å²) in [5.74, 6) is -4.49. The van der Waals surface area contributed by atoms with E-state index >= 15 is 0 Å². The molecule has 0 saturated carbocycles. The zero-order chi connectivity index (χ0) is 13.1. The molecule has 0 aromatic carbocycles. The van der Waals surface area contributed by atoms with Crippen LogP contribution in [-0.2, 0) is 14.8 Å². The number of alkyl halides is 2. The third-order valence-corrected chi connectivity index (χ3v) is 4.40. The Morgan fingerprint density at radius 1 is 1.41 bits per heavy atom. The smallest absolute Gasteiger partial charge is 0.350 e. The van der Waals surface area contributed by atoms with Crippen molar-refractivity contribution >= 4 is 16.0 Å². The van der Waals surface area contributed by atoms with Crippen LogP contribution in [0.15, 0.2) is 0 Å². The first-order valence-corrected chi connectivity index (χ1v) is 6.86. The first kappa shape index (κ1) is 14.3. The predicted octanol–water partition coefficient (Wildman–Crippen LogP) is 1.26. The molecule has 0 radical (unpaired) electrons. The number of carboxylic acid groups (broad SMARTS) is 1. The SMILES string of the molecule is O=C(O)CCC1CCCCN1S(=O)(=O)C(F)F. The maximum absolute atomic E-state index is 12.4. The zero-order valence-electron chi connectivity index (χ0n) is 9.18. The van der Waals surface area contributed by atoms with Crippen molar-refractivity contribution in [1.29, 1.82) is 0 Å². The van der Waals surface area contributed by atoms with Crippen LogP contribution < -0.4 is 0 Å². The van der Waals surface area contributed by atoms with Gasteiger partial charge in [0, 0.05) is 19.0 Å². The van der Waals surface area contributed by atoms with E-state index in [0.29, 0.717) is 12.8 Å². The van der Waals surface area contributed by atoms with E-state index in [0.717, 1.165) is 10.7 Å². The maximum Gasteiger partial charge on any atom is 0.350 e. The average Bonchev–Trinajstić information content (AvgIpc) is 2.26. The maximum atomic E-state index is 12.4. The number of rotatable bonds is 5. The summed E-state index contributed by atoms with van der Waals surface area (Å²) in [6.45, 7) is 0.0525. The third kappa shape index (κ3) is 3.60. The largest absolute Gasteiger partial charge is 0.481 e. The van der Waals surface area contributed by atoms with Crippen LogP contribution in [0.25, 0.3) is 0 Å². The lowest BCUT2D eigenvalue weighted by molar-refractivity contribution is -0.137. The van der Waals surface area contributed by atoms with Gasteiger partial charge in [-0.05, 0) is 19.3 Å². The van der Waals surface area contributed by atoms with Gasteiger partial charge in [0.05, 0.1) is 0 Å². The highest BCUT2D eigenvalue weighted by molar-refractivity contribution is 7.89. The zero-order valence-corrected chi connectivity index (χ0v) is 10.00. The molecule has 0 spiro atoms. The lowest BCUT2D eigenvalue weighted by atomic mass is 10.0. The lowest BCUT2D eigenvalue weighted by Gasteiger charge is -2.34. The van der Waals surface area contributed by atoms with Gasteiger partial charge in [0.2, 0.25) is 0 Å². The average molecular weight is 271 g/mol. The van der Waals surface area contributed by atoms with Gasteiger partial charge in [-0.2, -0.15) is 13.1 Å². The Hall–Kier alpha value is -0.760. The second-order valence-electron chi connectivity index (χ2n) is 4.00. The van der Waals surface area contributed by atoms with Crippen LogP contribution in [-0.4, -0.2) is 42.1 Å². The number of hydrogen-bond acceptors (Lipinski definition) is 3. The number of aliphatic carboxylic acids is 1. The van der Waals surface area contributed by atoms with Gasteiger partial charge in [0.1, 0.15) is 0 Å². The van der Waals surface area contributed by atoms with Crippen molar-refractivity contribution in [3.8, 4) is 0 Å². The molecule has 1 fully saturated rings. The highest BCUT2D eigenvalue weighted by atomic mass is 32.2. The number of sulfonamides is 1. The van der Waals surface area contributed by atoms with E-state index in [1.54, 1.807) is 0 Å². The van der Waals surface area contributed by atoms with Crippen molar-refractivity contribution in [2.45, 2.75) is 43.9 Å². The molecule has 1 unspecified atom stereocenters. The molecule has 0 bridgehead atoms. The van der Waals surface area contributed by atoms with Gasteiger partial charge in [-0.25, -0.2) is 8.42 Å². The van der Waals surface area contributed by atoms with Gasteiger partial charge in [-0.15, -0.1) is 0 Å². The summed E-state index contributed by atoms with van der Waals surface area (Å²) in [7, 11) is -4.59. The Morgan fingerprint density at radius 2 is 2.06 bits per heavy atom. The van der Waals surface area contributed by atoms with Gasteiger partial charge in [-0.1, -0.05) is 6.42 Å². The van der Waals surface area contributed by atoms with Gasteiger partial charge >= 0.3 is 11.7 Å². The predicted molar refractivity (Wildman–Crippen MR) is 56.1 cm³/mol. The highest BCUT2D eigenvalue weighted by Crippen LogP contribution is 2.26. The van der Waals surface area contributed by atoms with Crippen molar-refractivity contribution < 1.29 is 27.1 Å². The second kappa shape index (κ2) is 5.72. The molecule has 8 heteroatoms. The summed E-state index contributed by atoms with van der Waals surface area (Å²) >= 11 is 0. The Labute approximate surface area is 98.5 Å². The monoisotopic (exact) mass is 271 g/mol. The first-order valence-electron chi connectivity index (χ1n) is 5.36. The van der Waals surface area contributed by atoms with Gasteiger partial charge in [0.15, 0.2) is 0 Å². The molecule has 0 aromatic rings. The molecule has 100 valence electrons. The minimum Gasteiger partial charge on any atom is -0.481 e. The molecular formula is C9H15F2NO4S. The number of carbonyl (C=O) groups is 1. The van der Waals surface area contributed by atoms with Crippen LogP contribution in [0.3, 0.4) is 0 Å². The summed E-state index contributed by atoms with van der Waals surface area (Å²) in [5.41, 5.74) is 0. The topological polar surface area (TPSA) is 74.7 Å². The minimum atomic E-state index is -4.59. The minimum absolute atomic E-state index is 0.0525. The number of nitrogens with zero attached hydrogens (tertiary/aromatic N) is 1. The molecule has 5 nitrogen and oxygen atoms in total. The lowest BCUT2D eigenvalue weighted by Crippen LogP contribution is -2.46. The Kier molecular flexibility index (Phi) is 4.81. The van der Waals surface area contributed by atoms with Crippen LogP contribution in [0, 0.1) is 0 Å². The van der Waals surface area contributed by atoms with Gasteiger partial charge in [-0.3, -0.25) is 4.79 Å². The fourth-order valence-corrected chi connectivity index (χ4v) is 3.20. The van der Waals surface area contributed by atoms with Crippen LogP contribution in [0.5, 0.6) is 0 Å². The number of halogens is 2. The van der Waals surface area contributed by atoms with Crippen LogP contribution >= 0.6 is 0 Å². The van der Waals surface area contributed by atoms with Crippen molar-refractivity contribution in [2.24, 2.45) is 0 Å². The fraction of sp³-hybridized carbons (Fsp3) is 0.889. The summed E-state index contributed by atoms with van der Waals surface area (Å²) in [6, 6.07) is -0.612. The third-order valence-electron chi connectivity index (χ3n) is 2.82. The van der Waals surface area contributed by atoms with Crippen LogP contribution in [0.1, 0.15) is 32.1 Å². The van der Waals surface area contributed by atoms with Gasteiger partial charge in [0.25, 0.3) is 10.0 Å². The van der Waals surface area contributed by atoms with Crippen molar-refractivity contribution in [1.82, 2.24) is 4.31 Å². The quantitative estimate of drug-likeness (QED) is 0.816. The van der Waals surface area contributed by atoms with E-state index in [-0.39, 0.29) is 19.4 Å². The summed E-state index contributed by atoms with van der Waals surface area (Å²) in [4.78, 5) is 10.4. The van der Waals surface area contributed by atoms with E-state index in [9.17, 15) is 22.0 Å². The van der Waals surface area contributed by atoms with E-state index in [2.05, 4.69) is 0 Å². The first-order chi connectivity index (χ1) is 7.85. The van der Waals surface area contributed by atoms with Crippen molar-refractivity contribution in [3.05, 3.63) is 0 Å². The molecular weight excluding hydrogens is 256 g/mol. The summed E-state index contributed by atoms with van der Waals surface area (Å²) in [5, 5.41) is 8.53. The van der Waals surface area contributed by atoms with E-state index < -0.39 is 27.8 Å². The number of hydrogen-bond donors (Lipinski definition) is 1. The second-order valence-corrected chi connectivity index (χ2v) is 5.85. The molecule has 1 atom stereocenters.